The molecule has 1 heterocycles. The Morgan fingerprint density at radius 1 is 1.44 bits per heavy atom. The highest BCUT2D eigenvalue weighted by Gasteiger charge is 2.30. The lowest BCUT2D eigenvalue weighted by Crippen LogP contribution is -2.34. The lowest BCUT2D eigenvalue weighted by atomic mass is 9.93. The van der Waals surface area contributed by atoms with Crippen molar-refractivity contribution in [1.29, 1.82) is 0 Å². The van der Waals surface area contributed by atoms with Gasteiger partial charge in [-0.2, -0.15) is 11.8 Å². The van der Waals surface area contributed by atoms with E-state index in [4.69, 9.17) is 0 Å². The first-order valence-electron chi connectivity index (χ1n) is 5.70. The number of nitrogens with one attached hydrogen (secondary N) is 1. The van der Waals surface area contributed by atoms with Gasteiger partial charge in [-0.15, -0.1) is 0 Å². The minimum atomic E-state index is 0.478. The Kier molecular flexibility index (Phi) is 3.98. The van der Waals surface area contributed by atoms with Crippen LogP contribution < -0.4 is 5.32 Å². The maximum atomic E-state index is 3.57. The van der Waals surface area contributed by atoms with Gasteiger partial charge < -0.3 is 5.32 Å². The third-order valence-corrected chi connectivity index (χ3v) is 5.34. The van der Waals surface area contributed by atoms with E-state index >= 15 is 0 Å². The second-order valence-corrected chi connectivity index (χ2v) is 6.71. The molecule has 0 aromatic heterocycles. The normalized spacial score (nSPS) is 24.6. The van der Waals surface area contributed by atoms with Crippen LogP contribution in [0.15, 0.2) is 22.7 Å². The number of benzene rings is 1. The summed E-state index contributed by atoms with van der Waals surface area (Å²) in [6.07, 6.45) is 0. The molecule has 2 rings (SSSR count). The molecule has 88 valence electrons. The molecule has 16 heavy (non-hydrogen) atoms. The Bertz CT molecular complexity index is 378. The van der Waals surface area contributed by atoms with Crippen LogP contribution in [0, 0.1) is 5.92 Å². The SMILES string of the molecule is CNC1c2cc(Br)ccc2CSC1C(C)C. The minimum absolute atomic E-state index is 0.478. The smallest absolute Gasteiger partial charge is 0.0444 e. The van der Waals surface area contributed by atoms with Gasteiger partial charge >= 0.3 is 0 Å². The molecule has 2 unspecified atom stereocenters. The van der Waals surface area contributed by atoms with Crippen LogP contribution in [0.3, 0.4) is 0 Å². The summed E-state index contributed by atoms with van der Waals surface area (Å²) < 4.78 is 1.18. The molecule has 1 aromatic rings. The van der Waals surface area contributed by atoms with Gasteiger partial charge in [0.05, 0.1) is 0 Å². The molecule has 0 spiro atoms. The van der Waals surface area contributed by atoms with Gasteiger partial charge in [-0.25, -0.2) is 0 Å². The van der Waals surface area contributed by atoms with Gasteiger partial charge in [-0.3, -0.25) is 0 Å². The van der Waals surface area contributed by atoms with Crippen LogP contribution in [0.4, 0.5) is 0 Å². The van der Waals surface area contributed by atoms with Crippen LogP contribution in [-0.4, -0.2) is 12.3 Å². The average molecular weight is 300 g/mol. The fourth-order valence-electron chi connectivity index (χ4n) is 2.34. The van der Waals surface area contributed by atoms with Gasteiger partial charge in [0.1, 0.15) is 0 Å². The molecule has 0 radical (unpaired) electrons. The van der Waals surface area contributed by atoms with Crippen LogP contribution >= 0.6 is 27.7 Å². The summed E-state index contributed by atoms with van der Waals surface area (Å²) in [4.78, 5) is 0. The van der Waals surface area contributed by atoms with Crippen molar-refractivity contribution < 1.29 is 0 Å². The van der Waals surface area contributed by atoms with Gasteiger partial charge in [-0.1, -0.05) is 35.8 Å². The maximum Gasteiger partial charge on any atom is 0.0444 e. The van der Waals surface area contributed by atoms with E-state index in [-0.39, 0.29) is 0 Å². The van der Waals surface area contributed by atoms with Gasteiger partial charge in [0.15, 0.2) is 0 Å². The summed E-state index contributed by atoms with van der Waals surface area (Å²) in [5.74, 6) is 1.85. The van der Waals surface area contributed by atoms with Crippen molar-refractivity contribution in [1.82, 2.24) is 5.32 Å². The Morgan fingerprint density at radius 2 is 2.19 bits per heavy atom. The zero-order chi connectivity index (χ0) is 11.7. The third-order valence-electron chi connectivity index (χ3n) is 3.17. The van der Waals surface area contributed by atoms with E-state index in [1.165, 1.54) is 15.6 Å². The van der Waals surface area contributed by atoms with Crippen molar-refractivity contribution in [2.45, 2.75) is 30.9 Å². The number of hydrogen-bond acceptors (Lipinski definition) is 2. The summed E-state index contributed by atoms with van der Waals surface area (Å²) >= 11 is 5.64. The molecule has 0 saturated carbocycles. The monoisotopic (exact) mass is 299 g/mol. The summed E-state index contributed by atoms with van der Waals surface area (Å²) in [7, 11) is 2.07. The number of halogens is 1. The van der Waals surface area contributed by atoms with Gasteiger partial charge in [0.2, 0.25) is 0 Å². The van der Waals surface area contributed by atoms with Crippen molar-refractivity contribution in [3.05, 3.63) is 33.8 Å². The topological polar surface area (TPSA) is 12.0 Å². The number of fused-ring (bicyclic) bond motifs is 1. The minimum Gasteiger partial charge on any atom is -0.312 e. The quantitative estimate of drug-likeness (QED) is 0.886. The largest absolute Gasteiger partial charge is 0.312 e. The molecule has 0 saturated heterocycles. The van der Waals surface area contributed by atoms with E-state index in [0.717, 1.165) is 5.75 Å². The second kappa shape index (κ2) is 5.11. The van der Waals surface area contributed by atoms with Gasteiger partial charge in [0, 0.05) is 21.5 Å². The zero-order valence-electron chi connectivity index (χ0n) is 9.96. The fourth-order valence-corrected chi connectivity index (χ4v) is 4.22. The molecule has 0 aliphatic carbocycles. The van der Waals surface area contributed by atoms with Crippen molar-refractivity contribution in [2.24, 2.45) is 5.92 Å². The number of rotatable bonds is 2. The molecular formula is C13H18BrNS. The molecule has 1 N–H and O–H groups in total. The molecule has 2 atom stereocenters. The van der Waals surface area contributed by atoms with Crippen molar-refractivity contribution >= 4 is 27.7 Å². The van der Waals surface area contributed by atoms with Crippen LogP contribution in [0.25, 0.3) is 0 Å². The van der Waals surface area contributed by atoms with E-state index in [9.17, 15) is 0 Å². The zero-order valence-corrected chi connectivity index (χ0v) is 12.4. The Labute approximate surface area is 111 Å². The van der Waals surface area contributed by atoms with E-state index in [2.05, 4.69) is 72.1 Å². The van der Waals surface area contributed by atoms with Gasteiger partial charge in [-0.05, 0) is 36.2 Å². The first-order chi connectivity index (χ1) is 7.63. The molecule has 1 aromatic carbocycles. The Morgan fingerprint density at radius 3 is 2.81 bits per heavy atom. The molecule has 1 aliphatic rings. The van der Waals surface area contributed by atoms with E-state index < -0.39 is 0 Å². The van der Waals surface area contributed by atoms with Crippen LogP contribution in [0.1, 0.15) is 31.0 Å². The maximum absolute atomic E-state index is 3.57. The van der Waals surface area contributed by atoms with Crippen LogP contribution in [-0.2, 0) is 5.75 Å². The molecular weight excluding hydrogens is 282 g/mol. The van der Waals surface area contributed by atoms with E-state index in [0.29, 0.717) is 17.2 Å². The first kappa shape index (κ1) is 12.5. The Hall–Kier alpha value is 0.01000. The summed E-state index contributed by atoms with van der Waals surface area (Å²) in [6, 6.07) is 7.13. The third kappa shape index (κ3) is 2.31. The lowest BCUT2D eigenvalue weighted by molar-refractivity contribution is 0.466. The molecule has 1 aliphatic heterocycles. The first-order valence-corrected chi connectivity index (χ1v) is 7.55. The molecule has 0 bridgehead atoms. The highest BCUT2D eigenvalue weighted by Crippen LogP contribution is 2.41. The van der Waals surface area contributed by atoms with Crippen molar-refractivity contribution in [3.63, 3.8) is 0 Å². The fraction of sp³-hybridized carbons (Fsp3) is 0.538. The standard InChI is InChI=1S/C13H18BrNS/c1-8(2)13-12(15-3)11-6-10(14)5-4-9(11)7-16-13/h4-6,8,12-13,15H,7H2,1-3H3. The lowest BCUT2D eigenvalue weighted by Gasteiger charge is -2.35. The highest BCUT2D eigenvalue weighted by molar-refractivity contribution is 9.10. The number of hydrogen-bond donors (Lipinski definition) is 1. The van der Waals surface area contributed by atoms with Crippen LogP contribution in [0.2, 0.25) is 0 Å². The summed E-state index contributed by atoms with van der Waals surface area (Å²) in [6.45, 7) is 4.62. The number of thioether (sulfide) groups is 1. The molecule has 3 heteroatoms. The van der Waals surface area contributed by atoms with E-state index in [1.54, 1.807) is 0 Å². The molecule has 0 fully saturated rings. The van der Waals surface area contributed by atoms with E-state index in [1.807, 2.05) is 0 Å². The van der Waals surface area contributed by atoms with Crippen molar-refractivity contribution in [2.75, 3.05) is 7.05 Å². The molecule has 0 amide bonds. The Balaban J connectivity index is 2.39. The van der Waals surface area contributed by atoms with Crippen LogP contribution in [0.5, 0.6) is 0 Å². The summed E-state index contributed by atoms with van der Waals surface area (Å²) in [5, 5.41) is 4.15. The predicted molar refractivity (Wildman–Crippen MR) is 75.9 cm³/mol. The molecule has 1 nitrogen and oxygen atoms in total. The van der Waals surface area contributed by atoms with Crippen molar-refractivity contribution in [3.8, 4) is 0 Å². The highest BCUT2D eigenvalue weighted by atomic mass is 79.9. The van der Waals surface area contributed by atoms with Gasteiger partial charge in [0.25, 0.3) is 0 Å². The average Bonchev–Trinajstić information content (AvgIpc) is 2.27. The predicted octanol–water partition coefficient (Wildman–Crippen LogP) is 3.98. The second-order valence-electron chi connectivity index (χ2n) is 4.63. The summed E-state index contributed by atoms with van der Waals surface area (Å²) in [5.41, 5.74) is 2.94.